The third kappa shape index (κ3) is 2.61. The summed E-state index contributed by atoms with van der Waals surface area (Å²) >= 11 is 1.47. The molecular weight excluding hydrogens is 254 g/mol. The Kier molecular flexibility index (Phi) is 3.81. The van der Waals surface area contributed by atoms with Gasteiger partial charge in [0.2, 0.25) is 0 Å². The van der Waals surface area contributed by atoms with Gasteiger partial charge in [0, 0.05) is 18.0 Å². The lowest BCUT2D eigenvalue weighted by molar-refractivity contribution is -0.142. The van der Waals surface area contributed by atoms with Crippen LogP contribution in [-0.4, -0.2) is 39.6 Å². The first-order valence-corrected chi connectivity index (χ1v) is 6.68. The average molecular weight is 269 g/mol. The van der Waals surface area contributed by atoms with Crippen LogP contribution in [-0.2, 0) is 11.3 Å². The summed E-state index contributed by atoms with van der Waals surface area (Å²) in [6.45, 7) is 2.64. The van der Waals surface area contributed by atoms with Crippen molar-refractivity contribution >= 4 is 23.3 Å². The molecule has 0 aromatic carbocycles. The van der Waals surface area contributed by atoms with E-state index in [4.69, 9.17) is 5.11 Å². The maximum Gasteiger partial charge on any atom is 0.317 e. The first-order valence-electron chi connectivity index (χ1n) is 5.74. The molecule has 2 rings (SSSR count). The van der Waals surface area contributed by atoms with Crippen molar-refractivity contribution in [1.29, 1.82) is 0 Å². The molecule has 1 aliphatic heterocycles. The van der Waals surface area contributed by atoms with E-state index in [-0.39, 0.29) is 12.1 Å². The smallest absolute Gasteiger partial charge is 0.317 e. The van der Waals surface area contributed by atoms with Crippen molar-refractivity contribution in [2.75, 3.05) is 6.54 Å². The van der Waals surface area contributed by atoms with Crippen LogP contribution in [0.5, 0.6) is 0 Å². The Balaban J connectivity index is 1.88. The minimum absolute atomic E-state index is 0.223. The predicted molar refractivity (Wildman–Crippen MR) is 66.3 cm³/mol. The molecule has 0 radical (unpaired) electrons. The van der Waals surface area contributed by atoms with Crippen LogP contribution in [0.3, 0.4) is 0 Å². The second-order valence-electron chi connectivity index (χ2n) is 4.31. The average Bonchev–Trinajstić information content (AvgIpc) is 2.94. The van der Waals surface area contributed by atoms with Crippen LogP contribution in [0.15, 0.2) is 10.9 Å². The molecule has 7 heteroatoms. The number of carboxylic acid groups (broad SMARTS) is 1. The van der Waals surface area contributed by atoms with Crippen LogP contribution in [0.1, 0.15) is 19.0 Å². The van der Waals surface area contributed by atoms with Crippen molar-refractivity contribution in [2.24, 2.45) is 5.92 Å². The molecule has 0 aliphatic carbocycles. The van der Waals surface area contributed by atoms with E-state index in [2.05, 4.69) is 10.3 Å². The van der Waals surface area contributed by atoms with Gasteiger partial charge in [-0.25, -0.2) is 9.78 Å². The van der Waals surface area contributed by atoms with Gasteiger partial charge in [-0.1, -0.05) is 0 Å². The van der Waals surface area contributed by atoms with Gasteiger partial charge in [-0.3, -0.25) is 4.79 Å². The minimum Gasteiger partial charge on any atom is -0.481 e. The number of likely N-dealkylation sites (tertiary alicyclic amines) is 1. The number of hydrogen-bond acceptors (Lipinski definition) is 4. The number of nitrogens with zero attached hydrogens (tertiary/aromatic N) is 2. The second kappa shape index (κ2) is 5.34. The topological polar surface area (TPSA) is 82.5 Å². The normalized spacial score (nSPS) is 23.1. The molecule has 0 spiro atoms. The maximum absolute atomic E-state index is 11.9. The van der Waals surface area contributed by atoms with Crippen LogP contribution in [0.2, 0.25) is 0 Å². The van der Waals surface area contributed by atoms with E-state index in [1.54, 1.807) is 17.3 Å². The number of aromatic nitrogens is 1. The number of carbonyl (C=O) groups excluding carboxylic acids is 1. The minimum atomic E-state index is -0.836. The molecule has 1 aliphatic rings. The van der Waals surface area contributed by atoms with E-state index < -0.39 is 11.9 Å². The summed E-state index contributed by atoms with van der Waals surface area (Å²) in [6.07, 6.45) is 0.515. The van der Waals surface area contributed by atoms with Gasteiger partial charge in [0.05, 0.1) is 23.7 Å². The fourth-order valence-electron chi connectivity index (χ4n) is 2.15. The highest BCUT2D eigenvalue weighted by Crippen LogP contribution is 2.24. The van der Waals surface area contributed by atoms with Gasteiger partial charge >= 0.3 is 12.0 Å². The van der Waals surface area contributed by atoms with E-state index in [1.807, 2.05) is 5.38 Å². The molecular formula is C11H15N3O3S. The number of thiazole rings is 1. The van der Waals surface area contributed by atoms with Crippen molar-refractivity contribution < 1.29 is 14.7 Å². The van der Waals surface area contributed by atoms with Gasteiger partial charge in [-0.15, -0.1) is 11.3 Å². The monoisotopic (exact) mass is 269 g/mol. The fraction of sp³-hybridized carbons (Fsp3) is 0.545. The Morgan fingerprint density at radius 3 is 3.00 bits per heavy atom. The van der Waals surface area contributed by atoms with Gasteiger partial charge in [-0.2, -0.15) is 0 Å². The summed E-state index contributed by atoms with van der Waals surface area (Å²) in [5, 5.41) is 13.6. The molecule has 1 fully saturated rings. The summed E-state index contributed by atoms with van der Waals surface area (Å²) < 4.78 is 0. The Bertz CT molecular complexity index is 435. The summed E-state index contributed by atoms with van der Waals surface area (Å²) in [6, 6.07) is -0.489. The largest absolute Gasteiger partial charge is 0.481 e. The number of rotatable bonds is 3. The predicted octanol–water partition coefficient (Wildman–Crippen LogP) is 1.15. The number of amides is 2. The van der Waals surface area contributed by atoms with Gasteiger partial charge in [-0.05, 0) is 13.3 Å². The number of carbonyl (C=O) groups is 2. The van der Waals surface area contributed by atoms with Crippen LogP contribution in [0.25, 0.3) is 0 Å². The third-order valence-electron chi connectivity index (χ3n) is 3.24. The van der Waals surface area contributed by atoms with Gasteiger partial charge in [0.1, 0.15) is 0 Å². The Morgan fingerprint density at radius 2 is 2.44 bits per heavy atom. The number of nitrogens with one attached hydrogen (secondary N) is 1. The Hall–Kier alpha value is -1.63. The Morgan fingerprint density at radius 1 is 1.67 bits per heavy atom. The SMILES string of the molecule is CC1C(C(=O)O)CCN1C(=O)NCc1cscn1. The van der Waals surface area contributed by atoms with Gasteiger partial charge in [0.25, 0.3) is 0 Å². The van der Waals surface area contributed by atoms with Crippen LogP contribution >= 0.6 is 11.3 Å². The number of urea groups is 1. The molecule has 2 heterocycles. The zero-order valence-electron chi connectivity index (χ0n) is 10.00. The molecule has 1 aromatic heterocycles. The summed E-state index contributed by atoms with van der Waals surface area (Å²) in [4.78, 5) is 28.5. The molecule has 2 atom stereocenters. The van der Waals surface area contributed by atoms with Crippen molar-refractivity contribution in [3.63, 3.8) is 0 Å². The lowest BCUT2D eigenvalue weighted by Crippen LogP contribution is -2.43. The van der Waals surface area contributed by atoms with Crippen molar-refractivity contribution in [3.8, 4) is 0 Å². The number of carboxylic acids is 1. The van der Waals surface area contributed by atoms with Gasteiger partial charge < -0.3 is 15.3 Å². The summed E-state index contributed by atoms with van der Waals surface area (Å²) in [7, 11) is 0. The highest BCUT2D eigenvalue weighted by atomic mass is 32.1. The molecule has 98 valence electrons. The first-order chi connectivity index (χ1) is 8.59. The van der Waals surface area contributed by atoms with E-state index >= 15 is 0 Å². The van der Waals surface area contributed by atoms with E-state index in [9.17, 15) is 9.59 Å². The van der Waals surface area contributed by atoms with Gasteiger partial charge in [0.15, 0.2) is 0 Å². The molecule has 18 heavy (non-hydrogen) atoms. The maximum atomic E-state index is 11.9. The molecule has 2 unspecified atom stereocenters. The zero-order valence-corrected chi connectivity index (χ0v) is 10.8. The summed E-state index contributed by atoms with van der Waals surface area (Å²) in [5.41, 5.74) is 2.52. The lowest BCUT2D eigenvalue weighted by Gasteiger charge is -2.23. The summed E-state index contributed by atoms with van der Waals surface area (Å²) in [5.74, 6) is -1.30. The quantitative estimate of drug-likeness (QED) is 0.862. The molecule has 2 amide bonds. The van der Waals surface area contributed by atoms with E-state index in [0.717, 1.165) is 5.69 Å². The Labute approximate surface area is 109 Å². The molecule has 6 nitrogen and oxygen atoms in total. The molecule has 0 saturated carbocycles. The third-order valence-corrected chi connectivity index (χ3v) is 3.87. The fourth-order valence-corrected chi connectivity index (χ4v) is 2.71. The highest BCUT2D eigenvalue weighted by Gasteiger charge is 2.37. The first kappa shape index (κ1) is 12.8. The van der Waals surface area contributed by atoms with E-state index in [0.29, 0.717) is 19.5 Å². The molecule has 1 saturated heterocycles. The van der Waals surface area contributed by atoms with Crippen LogP contribution < -0.4 is 5.32 Å². The standard InChI is InChI=1S/C11H15N3O3S/c1-7-9(10(15)16)2-3-14(7)11(17)12-4-8-5-18-6-13-8/h5-7,9H,2-4H2,1H3,(H,12,17)(H,15,16). The van der Waals surface area contributed by atoms with Crippen LogP contribution in [0, 0.1) is 5.92 Å². The number of hydrogen-bond donors (Lipinski definition) is 2. The second-order valence-corrected chi connectivity index (χ2v) is 5.02. The van der Waals surface area contributed by atoms with Crippen molar-refractivity contribution in [3.05, 3.63) is 16.6 Å². The lowest BCUT2D eigenvalue weighted by atomic mass is 10.0. The highest BCUT2D eigenvalue weighted by molar-refractivity contribution is 7.07. The molecule has 2 N–H and O–H groups in total. The zero-order chi connectivity index (χ0) is 13.1. The van der Waals surface area contributed by atoms with Crippen molar-refractivity contribution in [2.45, 2.75) is 25.9 Å². The van der Waals surface area contributed by atoms with Crippen molar-refractivity contribution in [1.82, 2.24) is 15.2 Å². The molecule has 1 aromatic rings. The van der Waals surface area contributed by atoms with Crippen LogP contribution in [0.4, 0.5) is 4.79 Å². The number of aliphatic carboxylic acids is 1. The molecule has 0 bridgehead atoms. The van der Waals surface area contributed by atoms with E-state index in [1.165, 1.54) is 11.3 Å².